The fraction of sp³-hybridized carbons (Fsp3) is 0.440. The highest BCUT2D eigenvalue weighted by Crippen LogP contribution is 2.54. The van der Waals surface area contributed by atoms with Crippen molar-refractivity contribution in [2.75, 3.05) is 6.54 Å². The van der Waals surface area contributed by atoms with Gasteiger partial charge in [-0.1, -0.05) is 101 Å². The van der Waals surface area contributed by atoms with Gasteiger partial charge in [-0.25, -0.2) is 0 Å². The Hall–Kier alpha value is -2.23. The lowest BCUT2D eigenvalue weighted by molar-refractivity contribution is -0.123. The van der Waals surface area contributed by atoms with Gasteiger partial charge in [0.25, 0.3) is 0 Å². The molecule has 0 bridgehead atoms. The molecule has 29 heavy (non-hydrogen) atoms. The van der Waals surface area contributed by atoms with Crippen molar-refractivity contribution in [2.45, 2.75) is 63.5 Å². The number of fused-ring (bicyclic) bond motifs is 3. The molecule has 0 amide bonds. The molecule has 0 aromatic heterocycles. The van der Waals surface area contributed by atoms with Crippen molar-refractivity contribution >= 4 is 0 Å². The van der Waals surface area contributed by atoms with Gasteiger partial charge in [0.15, 0.2) is 0 Å². The van der Waals surface area contributed by atoms with E-state index in [2.05, 4.69) is 31.0 Å². The number of allylic oxidation sites excluding steroid dienone is 1. The Morgan fingerprint density at radius 1 is 0.862 bits per heavy atom. The molecule has 0 unspecified atom stereocenters. The van der Waals surface area contributed by atoms with E-state index in [4.69, 9.17) is 0 Å². The molecule has 2 aromatic carbocycles. The molecule has 1 aliphatic rings. The number of nitrogens with one attached hydrogen (secondary N) is 1. The Labute approximate surface area is 172 Å². The third-order valence-corrected chi connectivity index (χ3v) is 5.99. The van der Waals surface area contributed by atoms with Crippen molar-refractivity contribution in [3.8, 4) is 11.1 Å². The van der Waals surface area contributed by atoms with Crippen LogP contribution in [-0.4, -0.2) is 12.7 Å². The molecule has 2 aromatic rings. The van der Waals surface area contributed by atoms with Crippen LogP contribution in [0.2, 0.25) is 0 Å². The summed E-state index contributed by atoms with van der Waals surface area (Å²) in [5.41, 5.74) is 4.15. The van der Waals surface area contributed by atoms with E-state index >= 15 is 0 Å². The molecule has 1 nitrogen and oxygen atoms in total. The molecule has 4 heteroatoms. The maximum absolute atomic E-state index is 12.9. The van der Waals surface area contributed by atoms with Gasteiger partial charge in [-0.2, -0.15) is 13.2 Å². The second-order valence-electron chi connectivity index (χ2n) is 7.96. The van der Waals surface area contributed by atoms with Gasteiger partial charge in [0, 0.05) is 5.70 Å². The van der Waals surface area contributed by atoms with Gasteiger partial charge < -0.3 is 5.32 Å². The number of hydrogen-bond acceptors (Lipinski definition) is 1. The molecule has 0 radical (unpaired) electrons. The van der Waals surface area contributed by atoms with Crippen LogP contribution in [0.5, 0.6) is 0 Å². The van der Waals surface area contributed by atoms with Gasteiger partial charge in [-0.15, -0.1) is 0 Å². The maximum Gasteiger partial charge on any atom is 0.405 e. The summed E-state index contributed by atoms with van der Waals surface area (Å²) in [5, 5.41) is 2.63. The average molecular weight is 402 g/mol. The molecule has 0 saturated carbocycles. The predicted octanol–water partition coefficient (Wildman–Crippen LogP) is 7.37. The van der Waals surface area contributed by atoms with Crippen LogP contribution < -0.4 is 5.32 Å². The number of benzene rings is 2. The Morgan fingerprint density at radius 3 is 1.93 bits per heavy atom. The third-order valence-electron chi connectivity index (χ3n) is 5.99. The quantitative estimate of drug-likeness (QED) is 0.410. The van der Waals surface area contributed by atoms with Crippen molar-refractivity contribution in [3.63, 3.8) is 0 Å². The molecule has 0 spiro atoms. The smallest absolute Gasteiger partial charge is 0.379 e. The minimum Gasteiger partial charge on any atom is -0.379 e. The van der Waals surface area contributed by atoms with E-state index in [9.17, 15) is 13.2 Å². The number of halogens is 3. The van der Waals surface area contributed by atoms with Gasteiger partial charge in [0.05, 0.1) is 5.41 Å². The molecule has 0 fully saturated rings. The van der Waals surface area contributed by atoms with Gasteiger partial charge in [-0.05, 0) is 28.7 Å². The van der Waals surface area contributed by atoms with Crippen LogP contribution in [0.1, 0.15) is 63.0 Å². The van der Waals surface area contributed by atoms with Crippen LogP contribution in [-0.2, 0) is 5.41 Å². The Morgan fingerprint density at radius 2 is 1.38 bits per heavy atom. The Kier molecular flexibility index (Phi) is 6.71. The van der Waals surface area contributed by atoms with Crippen LogP contribution in [0.3, 0.4) is 0 Å². The zero-order valence-corrected chi connectivity index (χ0v) is 17.1. The van der Waals surface area contributed by atoms with Crippen LogP contribution >= 0.6 is 0 Å². The van der Waals surface area contributed by atoms with Gasteiger partial charge in [-0.3, -0.25) is 0 Å². The molecule has 0 heterocycles. The van der Waals surface area contributed by atoms with Crippen LogP contribution in [0.25, 0.3) is 11.1 Å². The number of unbranched alkanes of at least 4 members (excludes halogenated alkanes) is 5. The first-order valence-electron chi connectivity index (χ1n) is 10.6. The summed E-state index contributed by atoms with van der Waals surface area (Å²) < 4.78 is 38.8. The minimum absolute atomic E-state index is 0.445. The molecule has 156 valence electrons. The third kappa shape index (κ3) is 4.52. The zero-order chi connectivity index (χ0) is 20.9. The standard InChI is InChI=1S/C25H30F3N/c1-3-4-5-6-7-12-17-24(19(2)29-18-25(26,27)28)22-15-10-8-13-20(22)21-14-9-11-16-23(21)24/h8-11,13-16,29H,2-7,12,17-18H2,1H3. The summed E-state index contributed by atoms with van der Waals surface area (Å²) in [6.45, 7) is 5.26. The van der Waals surface area contributed by atoms with E-state index in [1.165, 1.54) is 19.3 Å². The first-order chi connectivity index (χ1) is 13.9. The fourth-order valence-electron chi connectivity index (χ4n) is 4.60. The summed E-state index contributed by atoms with van der Waals surface area (Å²) in [4.78, 5) is 0. The lowest BCUT2D eigenvalue weighted by Gasteiger charge is -2.35. The molecule has 0 aliphatic heterocycles. The average Bonchev–Trinajstić information content (AvgIpc) is 3.00. The number of rotatable bonds is 10. The van der Waals surface area contributed by atoms with Crippen molar-refractivity contribution in [1.29, 1.82) is 0 Å². The molecule has 3 rings (SSSR count). The van der Waals surface area contributed by atoms with Crippen molar-refractivity contribution in [3.05, 3.63) is 71.9 Å². The molecule has 0 saturated heterocycles. The monoisotopic (exact) mass is 401 g/mol. The Balaban J connectivity index is 1.94. The second-order valence-corrected chi connectivity index (χ2v) is 7.96. The summed E-state index contributed by atoms with van der Waals surface area (Å²) in [5.74, 6) is 0. The van der Waals surface area contributed by atoms with E-state index in [0.717, 1.165) is 47.9 Å². The van der Waals surface area contributed by atoms with Crippen LogP contribution in [0.15, 0.2) is 60.8 Å². The van der Waals surface area contributed by atoms with E-state index in [1.807, 2.05) is 36.4 Å². The molecular weight excluding hydrogens is 371 g/mol. The van der Waals surface area contributed by atoms with E-state index in [-0.39, 0.29) is 0 Å². The highest BCUT2D eigenvalue weighted by atomic mass is 19.4. The van der Waals surface area contributed by atoms with E-state index < -0.39 is 18.1 Å². The topological polar surface area (TPSA) is 12.0 Å². The van der Waals surface area contributed by atoms with Crippen molar-refractivity contribution < 1.29 is 13.2 Å². The number of alkyl halides is 3. The van der Waals surface area contributed by atoms with Crippen LogP contribution in [0, 0.1) is 0 Å². The maximum atomic E-state index is 12.9. The number of hydrogen-bond donors (Lipinski definition) is 1. The first-order valence-corrected chi connectivity index (χ1v) is 10.6. The first kappa shape index (κ1) is 21.5. The van der Waals surface area contributed by atoms with Gasteiger partial charge >= 0.3 is 6.18 Å². The SMILES string of the molecule is C=C(NCC(F)(F)F)C1(CCCCCCCC)c2ccccc2-c2ccccc21. The molecule has 0 atom stereocenters. The zero-order valence-electron chi connectivity index (χ0n) is 17.1. The summed E-state index contributed by atoms with van der Waals surface area (Å²) in [6.07, 6.45) is 3.33. The molecule has 1 N–H and O–H groups in total. The van der Waals surface area contributed by atoms with Gasteiger partial charge in [0.1, 0.15) is 6.54 Å². The fourth-order valence-corrected chi connectivity index (χ4v) is 4.60. The summed E-state index contributed by atoms with van der Waals surface area (Å²) >= 11 is 0. The van der Waals surface area contributed by atoms with E-state index in [1.54, 1.807) is 0 Å². The normalized spacial score (nSPS) is 14.3. The van der Waals surface area contributed by atoms with Gasteiger partial charge in [0.2, 0.25) is 0 Å². The molecule has 1 aliphatic carbocycles. The van der Waals surface area contributed by atoms with Crippen molar-refractivity contribution in [1.82, 2.24) is 5.32 Å². The largest absolute Gasteiger partial charge is 0.405 e. The lowest BCUT2D eigenvalue weighted by atomic mass is 9.71. The van der Waals surface area contributed by atoms with Crippen molar-refractivity contribution in [2.24, 2.45) is 0 Å². The summed E-state index contributed by atoms with van der Waals surface area (Å²) in [6, 6.07) is 16.1. The second kappa shape index (κ2) is 9.06. The predicted molar refractivity (Wildman–Crippen MR) is 114 cm³/mol. The minimum atomic E-state index is -4.28. The summed E-state index contributed by atoms with van der Waals surface area (Å²) in [7, 11) is 0. The highest BCUT2D eigenvalue weighted by Gasteiger charge is 2.45. The molecular formula is C25H30F3N. The van der Waals surface area contributed by atoms with E-state index in [0.29, 0.717) is 5.70 Å². The Bertz CT molecular complexity index is 792. The lowest BCUT2D eigenvalue weighted by Crippen LogP contribution is -2.39. The van der Waals surface area contributed by atoms with Crippen LogP contribution in [0.4, 0.5) is 13.2 Å². The highest BCUT2D eigenvalue weighted by molar-refractivity contribution is 5.82.